The Balaban J connectivity index is 1.82. The molecule has 3 heterocycles. The molecule has 0 bridgehead atoms. The van der Waals surface area contributed by atoms with Crippen molar-refractivity contribution in [2.45, 2.75) is 83.8 Å². The molecule has 132 valence electrons. The van der Waals surface area contributed by atoms with Crippen LogP contribution in [0.15, 0.2) is 0 Å². The molecule has 3 saturated heterocycles. The van der Waals surface area contributed by atoms with Gasteiger partial charge in [0.1, 0.15) is 18.3 Å². The van der Waals surface area contributed by atoms with Gasteiger partial charge in [-0.25, -0.2) is 0 Å². The van der Waals surface area contributed by atoms with Crippen molar-refractivity contribution in [3.05, 3.63) is 5.21 Å². The van der Waals surface area contributed by atoms with E-state index >= 15 is 0 Å². The summed E-state index contributed by atoms with van der Waals surface area (Å²) in [6.45, 7) is 11.7. The van der Waals surface area contributed by atoms with Gasteiger partial charge in [0, 0.05) is 5.92 Å². The molecule has 0 unspecified atom stereocenters. The lowest BCUT2D eigenvalue weighted by Gasteiger charge is -2.26. The minimum absolute atomic E-state index is 0.119. The summed E-state index contributed by atoms with van der Waals surface area (Å²) in [7, 11) is 0. The zero-order valence-corrected chi connectivity index (χ0v) is 14.6. The maximum absolute atomic E-state index is 12.4. The van der Waals surface area contributed by atoms with E-state index in [1.807, 2.05) is 41.5 Å². The van der Waals surface area contributed by atoms with Crippen LogP contribution < -0.4 is 0 Å². The van der Waals surface area contributed by atoms with Crippen molar-refractivity contribution >= 4 is 6.21 Å². The molecule has 0 spiro atoms. The first-order chi connectivity index (χ1) is 10.6. The Labute approximate surface area is 137 Å². The van der Waals surface area contributed by atoms with E-state index in [1.54, 1.807) is 6.21 Å². The molecule has 0 amide bonds. The fourth-order valence-electron chi connectivity index (χ4n) is 3.37. The van der Waals surface area contributed by atoms with Gasteiger partial charge in [-0.3, -0.25) is 0 Å². The maximum Gasteiger partial charge on any atom is 0.297 e. The molecule has 0 aromatic heterocycles. The van der Waals surface area contributed by atoms with Crippen molar-refractivity contribution in [1.29, 1.82) is 0 Å². The average molecular weight is 329 g/mol. The van der Waals surface area contributed by atoms with E-state index in [1.165, 1.54) is 0 Å². The molecule has 0 N–H and O–H groups in total. The quantitative estimate of drug-likeness (QED) is 0.339. The highest BCUT2D eigenvalue weighted by molar-refractivity contribution is 5.53. The number of nitrogens with zero attached hydrogens (tertiary/aromatic N) is 1. The van der Waals surface area contributed by atoms with Crippen LogP contribution >= 0.6 is 0 Å². The molecule has 3 aliphatic heterocycles. The molecule has 0 radical (unpaired) electrons. The fraction of sp³-hybridized carbons (Fsp3) is 0.938. The highest BCUT2D eigenvalue weighted by atomic mass is 16.8. The second-order valence-electron chi connectivity index (χ2n) is 7.68. The summed E-state index contributed by atoms with van der Waals surface area (Å²) in [4.78, 5) is 0. The summed E-state index contributed by atoms with van der Waals surface area (Å²) in [5.41, 5.74) is 0. The molecular formula is C16H27NO6. The van der Waals surface area contributed by atoms with E-state index in [2.05, 4.69) is 0 Å². The first-order valence-electron chi connectivity index (χ1n) is 8.21. The fourth-order valence-corrected chi connectivity index (χ4v) is 3.37. The van der Waals surface area contributed by atoms with Crippen molar-refractivity contribution in [3.63, 3.8) is 0 Å². The molecule has 23 heavy (non-hydrogen) atoms. The summed E-state index contributed by atoms with van der Waals surface area (Å²) < 4.78 is 30.3. The Morgan fingerprint density at radius 3 is 2.22 bits per heavy atom. The lowest BCUT2D eigenvalue weighted by Crippen LogP contribution is -2.40. The van der Waals surface area contributed by atoms with Crippen LogP contribution in [0, 0.1) is 11.1 Å². The Hall–Kier alpha value is -0.730. The lowest BCUT2D eigenvalue weighted by atomic mass is 10.1. The van der Waals surface area contributed by atoms with Crippen LogP contribution in [0.5, 0.6) is 0 Å². The third kappa shape index (κ3) is 3.39. The van der Waals surface area contributed by atoms with E-state index in [0.29, 0.717) is 6.61 Å². The van der Waals surface area contributed by atoms with E-state index in [-0.39, 0.29) is 18.1 Å². The van der Waals surface area contributed by atoms with Crippen LogP contribution in [0.3, 0.4) is 0 Å². The van der Waals surface area contributed by atoms with Gasteiger partial charge in [0.05, 0.1) is 6.61 Å². The Morgan fingerprint density at radius 1 is 1.00 bits per heavy atom. The predicted molar refractivity (Wildman–Crippen MR) is 81.9 cm³/mol. The Kier molecular flexibility index (Phi) is 4.21. The average Bonchev–Trinajstić information content (AvgIpc) is 2.98. The summed E-state index contributed by atoms with van der Waals surface area (Å²) in [6, 6.07) is 0. The second kappa shape index (κ2) is 5.67. The summed E-state index contributed by atoms with van der Waals surface area (Å²) in [5.74, 6) is -1.28. The van der Waals surface area contributed by atoms with Crippen molar-refractivity contribution in [2.75, 3.05) is 6.61 Å². The van der Waals surface area contributed by atoms with Crippen LogP contribution in [-0.2, 0) is 23.7 Å². The maximum atomic E-state index is 12.4. The van der Waals surface area contributed by atoms with Gasteiger partial charge in [-0.2, -0.15) is 4.74 Å². The third-order valence-corrected chi connectivity index (χ3v) is 4.16. The van der Waals surface area contributed by atoms with Crippen LogP contribution in [0.4, 0.5) is 0 Å². The topological polar surface area (TPSA) is 72.2 Å². The van der Waals surface area contributed by atoms with Gasteiger partial charge in [0.25, 0.3) is 6.23 Å². The Morgan fingerprint density at radius 2 is 1.65 bits per heavy atom. The minimum atomic E-state index is -0.747. The molecule has 0 saturated carbocycles. The summed E-state index contributed by atoms with van der Waals surface area (Å²) >= 11 is 0. The highest BCUT2D eigenvalue weighted by Crippen LogP contribution is 2.42. The van der Waals surface area contributed by atoms with Crippen molar-refractivity contribution < 1.29 is 28.4 Å². The number of fused-ring (bicyclic) bond motifs is 1. The molecule has 3 rings (SSSR count). The zero-order chi connectivity index (χ0) is 17.0. The first kappa shape index (κ1) is 17.1. The summed E-state index contributed by atoms with van der Waals surface area (Å²) in [5, 5.41) is 12.4. The number of hydroxylamine groups is 1. The predicted octanol–water partition coefficient (Wildman–Crippen LogP) is 1.62. The number of hydrogen-bond donors (Lipinski definition) is 0. The van der Waals surface area contributed by atoms with Crippen LogP contribution in [0.25, 0.3) is 0 Å². The molecule has 3 aliphatic rings. The van der Waals surface area contributed by atoms with Gasteiger partial charge in [-0.05, 0) is 27.7 Å². The standard InChI is InChI=1S/C16H27NO6/c1-9(2)7-17(18)14-13-12(22-16(5,6)23-13)11(20-14)10-8-19-15(3,4)21-10/h7,9-14H,8H2,1-6H3/t10-,11+,12-,13-,14-/m1/s1. The van der Waals surface area contributed by atoms with E-state index in [4.69, 9.17) is 23.7 Å². The smallest absolute Gasteiger partial charge is 0.297 e. The van der Waals surface area contributed by atoms with Crippen LogP contribution in [0.1, 0.15) is 41.5 Å². The van der Waals surface area contributed by atoms with E-state index in [0.717, 1.165) is 4.74 Å². The third-order valence-electron chi connectivity index (χ3n) is 4.16. The van der Waals surface area contributed by atoms with Crippen LogP contribution in [-0.4, -0.2) is 59.8 Å². The second-order valence-corrected chi connectivity index (χ2v) is 7.68. The number of ether oxygens (including phenoxy) is 5. The van der Waals surface area contributed by atoms with Gasteiger partial charge < -0.3 is 28.9 Å². The number of hydrogen-bond acceptors (Lipinski definition) is 6. The van der Waals surface area contributed by atoms with E-state index < -0.39 is 30.0 Å². The normalized spacial score (nSPS) is 42.4. The molecule has 0 aromatic carbocycles. The largest absolute Gasteiger partial charge is 0.622 e. The van der Waals surface area contributed by atoms with Gasteiger partial charge in [-0.1, -0.05) is 13.8 Å². The highest BCUT2D eigenvalue weighted by Gasteiger charge is 2.62. The lowest BCUT2D eigenvalue weighted by molar-refractivity contribution is -0.564. The molecule has 3 fully saturated rings. The van der Waals surface area contributed by atoms with Gasteiger partial charge in [0.15, 0.2) is 23.9 Å². The van der Waals surface area contributed by atoms with Crippen LogP contribution in [0.2, 0.25) is 0 Å². The molecule has 7 nitrogen and oxygen atoms in total. The van der Waals surface area contributed by atoms with Gasteiger partial charge in [0.2, 0.25) is 0 Å². The molecular weight excluding hydrogens is 302 g/mol. The van der Waals surface area contributed by atoms with Gasteiger partial charge in [-0.15, -0.1) is 0 Å². The van der Waals surface area contributed by atoms with Crippen molar-refractivity contribution in [2.24, 2.45) is 5.92 Å². The van der Waals surface area contributed by atoms with Crippen molar-refractivity contribution in [3.8, 4) is 0 Å². The number of rotatable bonds is 3. The molecule has 5 atom stereocenters. The van der Waals surface area contributed by atoms with E-state index in [9.17, 15) is 5.21 Å². The molecule has 0 aliphatic carbocycles. The monoisotopic (exact) mass is 329 g/mol. The van der Waals surface area contributed by atoms with Gasteiger partial charge >= 0.3 is 0 Å². The first-order valence-corrected chi connectivity index (χ1v) is 8.21. The zero-order valence-electron chi connectivity index (χ0n) is 14.6. The summed E-state index contributed by atoms with van der Waals surface area (Å²) in [6.07, 6.45) is -0.627. The molecule has 0 aromatic rings. The van der Waals surface area contributed by atoms with Crippen molar-refractivity contribution in [1.82, 2.24) is 0 Å². The Bertz CT molecular complexity index is 489. The SMILES string of the molecule is CC(C)C=[N+]([O-])[C@@H]1O[C@@H]([C@H]2COC(C)(C)O2)[C@H]2OC(C)(C)O[C@H]21. The molecule has 7 heteroatoms. The minimum Gasteiger partial charge on any atom is -0.622 e.